The van der Waals surface area contributed by atoms with Crippen molar-refractivity contribution in [3.8, 4) is 5.75 Å². The van der Waals surface area contributed by atoms with Crippen molar-refractivity contribution in [2.75, 3.05) is 20.3 Å². The van der Waals surface area contributed by atoms with E-state index in [1.807, 2.05) is 48.4 Å². The fourth-order valence-corrected chi connectivity index (χ4v) is 3.21. The molecule has 0 atom stereocenters. The molecule has 1 amide bonds. The highest BCUT2D eigenvalue weighted by Crippen LogP contribution is 2.18. The normalized spacial score (nSPS) is 11.0. The van der Waals surface area contributed by atoms with Crippen LogP contribution < -0.4 is 4.74 Å². The number of carbonyl (C=O) groups excluding carboxylic acids is 1. The molecule has 7 heteroatoms. The van der Waals surface area contributed by atoms with Crippen molar-refractivity contribution in [2.24, 2.45) is 5.92 Å². The predicted molar refractivity (Wildman–Crippen MR) is 106 cm³/mol. The van der Waals surface area contributed by atoms with E-state index in [0.29, 0.717) is 44.3 Å². The van der Waals surface area contributed by atoms with Gasteiger partial charge in [0, 0.05) is 32.0 Å². The molecule has 2 aromatic rings. The zero-order valence-corrected chi connectivity index (χ0v) is 17.0. The number of nitrogens with zero attached hydrogens (tertiary/aromatic N) is 2. The third kappa shape index (κ3) is 7.28. The van der Waals surface area contributed by atoms with Crippen LogP contribution >= 0.6 is 11.3 Å². The van der Waals surface area contributed by atoms with Gasteiger partial charge < -0.3 is 19.5 Å². The van der Waals surface area contributed by atoms with Crippen LogP contribution in [0.4, 0.5) is 0 Å². The third-order valence-electron chi connectivity index (χ3n) is 3.92. The lowest BCUT2D eigenvalue weighted by Crippen LogP contribution is -2.34. The molecule has 2 rings (SSSR count). The van der Waals surface area contributed by atoms with E-state index in [1.54, 1.807) is 7.11 Å². The van der Waals surface area contributed by atoms with Crippen LogP contribution in [0.1, 0.15) is 36.5 Å². The molecule has 1 aromatic heterocycles. The molecule has 6 nitrogen and oxygen atoms in total. The molecule has 1 heterocycles. The summed E-state index contributed by atoms with van der Waals surface area (Å²) in [5.74, 6) is 1.22. The Labute approximate surface area is 164 Å². The topological polar surface area (TPSA) is 71.9 Å². The molecule has 0 aliphatic rings. The Morgan fingerprint density at radius 3 is 2.63 bits per heavy atom. The number of amides is 1. The number of carbonyl (C=O) groups is 1. The van der Waals surface area contributed by atoms with Crippen LogP contribution in [0.15, 0.2) is 29.6 Å². The van der Waals surface area contributed by atoms with E-state index in [9.17, 15) is 4.79 Å². The standard InChI is InChI=1S/C20H28N2O4S/c1-15(2)10-20(24)22(8-9-25-3)11-16-4-6-18(7-5-16)26-13-19-21-17(12-23)14-27-19/h4-7,14-15,23H,8-13H2,1-3H3. The number of rotatable bonds is 11. The van der Waals surface area contributed by atoms with Gasteiger partial charge in [-0.15, -0.1) is 11.3 Å². The van der Waals surface area contributed by atoms with Crippen molar-refractivity contribution >= 4 is 17.2 Å². The van der Waals surface area contributed by atoms with E-state index in [4.69, 9.17) is 14.6 Å². The van der Waals surface area contributed by atoms with Crippen LogP contribution in [0.5, 0.6) is 5.75 Å². The van der Waals surface area contributed by atoms with Crippen molar-refractivity contribution in [3.05, 3.63) is 45.9 Å². The van der Waals surface area contributed by atoms with Crippen molar-refractivity contribution in [1.29, 1.82) is 0 Å². The van der Waals surface area contributed by atoms with Gasteiger partial charge in [-0.3, -0.25) is 4.79 Å². The lowest BCUT2D eigenvalue weighted by atomic mass is 10.1. The molecule has 1 N–H and O–H groups in total. The molecule has 148 valence electrons. The van der Waals surface area contributed by atoms with Gasteiger partial charge >= 0.3 is 0 Å². The molecule has 0 saturated heterocycles. The molecular weight excluding hydrogens is 364 g/mol. The summed E-state index contributed by atoms with van der Waals surface area (Å²) in [7, 11) is 1.64. The Bertz CT molecular complexity index is 700. The van der Waals surface area contributed by atoms with Gasteiger partial charge in [0.1, 0.15) is 17.4 Å². The fourth-order valence-electron chi connectivity index (χ4n) is 2.52. The summed E-state index contributed by atoms with van der Waals surface area (Å²) in [6.45, 7) is 6.07. The second kappa shape index (κ2) is 11.0. The van der Waals surface area contributed by atoms with Gasteiger partial charge in [-0.25, -0.2) is 4.98 Å². The van der Waals surface area contributed by atoms with Gasteiger partial charge in [0.25, 0.3) is 0 Å². The maximum atomic E-state index is 12.4. The Morgan fingerprint density at radius 1 is 1.30 bits per heavy atom. The Morgan fingerprint density at radius 2 is 2.04 bits per heavy atom. The van der Waals surface area contributed by atoms with Crippen LogP contribution in [0.2, 0.25) is 0 Å². The van der Waals surface area contributed by atoms with E-state index in [0.717, 1.165) is 16.3 Å². The first-order valence-corrected chi connectivity index (χ1v) is 9.92. The van der Waals surface area contributed by atoms with Gasteiger partial charge in [0.05, 0.1) is 18.9 Å². The molecule has 0 radical (unpaired) electrons. The minimum absolute atomic E-state index is 0.0553. The molecule has 1 aromatic carbocycles. The van der Waals surface area contributed by atoms with E-state index >= 15 is 0 Å². The highest BCUT2D eigenvalue weighted by atomic mass is 32.1. The average molecular weight is 393 g/mol. The number of aliphatic hydroxyl groups excluding tert-OH is 1. The van der Waals surface area contributed by atoms with E-state index in [1.165, 1.54) is 11.3 Å². The van der Waals surface area contributed by atoms with Crippen LogP contribution in [0, 0.1) is 5.92 Å². The van der Waals surface area contributed by atoms with Gasteiger partial charge in [-0.05, 0) is 23.6 Å². The summed E-state index contributed by atoms with van der Waals surface area (Å²) in [6, 6.07) is 7.74. The highest BCUT2D eigenvalue weighted by Gasteiger charge is 2.15. The van der Waals surface area contributed by atoms with Crippen LogP contribution in [-0.4, -0.2) is 41.2 Å². The summed E-state index contributed by atoms with van der Waals surface area (Å²) in [5.41, 5.74) is 1.71. The second-order valence-corrected chi connectivity index (χ2v) is 7.67. The summed E-state index contributed by atoms with van der Waals surface area (Å²) in [5, 5.41) is 11.7. The summed E-state index contributed by atoms with van der Waals surface area (Å²) >= 11 is 1.47. The largest absolute Gasteiger partial charge is 0.486 e. The van der Waals surface area contributed by atoms with Crippen molar-refractivity contribution in [3.63, 3.8) is 0 Å². The first kappa shape index (κ1) is 21.3. The first-order valence-electron chi connectivity index (χ1n) is 9.04. The number of benzene rings is 1. The predicted octanol–water partition coefficient (Wildman–Crippen LogP) is 3.24. The second-order valence-electron chi connectivity index (χ2n) is 6.73. The van der Waals surface area contributed by atoms with Crippen molar-refractivity contribution < 1.29 is 19.4 Å². The van der Waals surface area contributed by atoms with Crippen LogP contribution in [0.25, 0.3) is 0 Å². The summed E-state index contributed by atoms with van der Waals surface area (Å²) < 4.78 is 10.9. The average Bonchev–Trinajstić information content (AvgIpc) is 3.12. The maximum absolute atomic E-state index is 12.4. The zero-order chi connectivity index (χ0) is 19.6. The number of aromatic nitrogens is 1. The Hall–Kier alpha value is -1.96. The molecule has 0 saturated carbocycles. The number of ether oxygens (including phenoxy) is 2. The number of hydrogen-bond acceptors (Lipinski definition) is 6. The van der Waals surface area contributed by atoms with Gasteiger partial charge in [-0.1, -0.05) is 26.0 Å². The Kier molecular flexibility index (Phi) is 8.71. The number of methoxy groups -OCH3 is 1. The zero-order valence-electron chi connectivity index (χ0n) is 16.2. The van der Waals surface area contributed by atoms with E-state index < -0.39 is 0 Å². The monoisotopic (exact) mass is 392 g/mol. The highest BCUT2D eigenvalue weighted by molar-refractivity contribution is 7.09. The smallest absolute Gasteiger partial charge is 0.223 e. The molecule has 0 fully saturated rings. The molecule has 0 spiro atoms. The van der Waals surface area contributed by atoms with Crippen molar-refractivity contribution in [1.82, 2.24) is 9.88 Å². The fraction of sp³-hybridized carbons (Fsp3) is 0.500. The van der Waals surface area contributed by atoms with E-state index in [-0.39, 0.29) is 12.5 Å². The van der Waals surface area contributed by atoms with Gasteiger partial charge in [0.15, 0.2) is 0 Å². The molecular formula is C20H28N2O4S. The molecule has 0 aliphatic carbocycles. The van der Waals surface area contributed by atoms with Crippen molar-refractivity contribution in [2.45, 2.75) is 40.0 Å². The minimum Gasteiger partial charge on any atom is -0.486 e. The lowest BCUT2D eigenvalue weighted by Gasteiger charge is -2.23. The first-order chi connectivity index (χ1) is 13.0. The molecule has 0 aliphatic heterocycles. The maximum Gasteiger partial charge on any atom is 0.223 e. The Balaban J connectivity index is 1.92. The summed E-state index contributed by atoms with van der Waals surface area (Å²) in [6.07, 6.45) is 0.536. The molecule has 27 heavy (non-hydrogen) atoms. The number of aliphatic hydroxyl groups is 1. The molecule has 0 bridgehead atoms. The van der Waals surface area contributed by atoms with E-state index in [2.05, 4.69) is 4.98 Å². The molecule has 0 unspecified atom stereocenters. The van der Waals surface area contributed by atoms with Gasteiger partial charge in [0.2, 0.25) is 5.91 Å². The summed E-state index contributed by atoms with van der Waals surface area (Å²) in [4.78, 5) is 18.5. The SMILES string of the molecule is COCCN(Cc1ccc(OCc2nc(CO)cs2)cc1)C(=O)CC(C)C. The minimum atomic E-state index is -0.0553. The lowest BCUT2D eigenvalue weighted by molar-refractivity contribution is -0.133. The van der Waals surface area contributed by atoms with Gasteiger partial charge in [-0.2, -0.15) is 0 Å². The number of thiazole rings is 1. The quantitative estimate of drug-likeness (QED) is 0.636. The van der Waals surface area contributed by atoms with Crippen LogP contribution in [0.3, 0.4) is 0 Å². The third-order valence-corrected chi connectivity index (χ3v) is 4.79. The van der Waals surface area contributed by atoms with Crippen LogP contribution in [-0.2, 0) is 29.3 Å². The number of hydrogen-bond donors (Lipinski definition) is 1.